The van der Waals surface area contributed by atoms with Gasteiger partial charge in [0.05, 0.1) is 5.56 Å². The molecule has 0 aromatic heterocycles. The molecule has 7 heteroatoms. The Bertz CT molecular complexity index is 1370. The van der Waals surface area contributed by atoms with Crippen LogP contribution < -0.4 is 4.90 Å². The molecule has 0 bridgehead atoms. The van der Waals surface area contributed by atoms with Crippen molar-refractivity contribution in [2.24, 2.45) is 4.99 Å². The molecule has 4 aromatic rings. The van der Waals surface area contributed by atoms with E-state index in [2.05, 4.69) is 11.5 Å². The van der Waals surface area contributed by atoms with Gasteiger partial charge in [-0.05, 0) is 47.5 Å². The molecule has 34 heavy (non-hydrogen) atoms. The normalized spacial score (nSPS) is 13.4. The Kier molecular flexibility index (Phi) is 5.40. The highest BCUT2D eigenvalue weighted by Gasteiger charge is 2.32. The van der Waals surface area contributed by atoms with Crippen LogP contribution in [0.25, 0.3) is 11.1 Å². The quantitative estimate of drug-likeness (QED) is 0.286. The van der Waals surface area contributed by atoms with Gasteiger partial charge in [0.1, 0.15) is 29.7 Å². The minimum Gasteiger partial charge on any atom is -0.310 e. The fraction of sp³-hybridized carbons (Fsp3) is 0.0370. The molecule has 0 aliphatic carbocycles. The van der Waals surface area contributed by atoms with E-state index in [9.17, 15) is 22.0 Å². The van der Waals surface area contributed by atoms with E-state index < -0.39 is 17.6 Å². The van der Waals surface area contributed by atoms with Crippen LogP contribution in [0.15, 0.2) is 96.0 Å². The van der Waals surface area contributed by atoms with E-state index in [-0.39, 0.29) is 23.0 Å². The van der Waals surface area contributed by atoms with Crippen molar-refractivity contribution < 1.29 is 22.0 Å². The lowest BCUT2D eigenvalue weighted by molar-refractivity contribution is -0.137. The smallest absolute Gasteiger partial charge is 0.310 e. The van der Waals surface area contributed by atoms with Crippen LogP contribution in [-0.4, -0.2) is 5.84 Å². The van der Waals surface area contributed by atoms with Gasteiger partial charge in [0, 0.05) is 16.8 Å². The molecule has 4 aromatic carbocycles. The largest absolute Gasteiger partial charge is 0.416 e. The Balaban J connectivity index is 1.59. The number of aliphatic imine (C=N–C) groups is 1. The van der Waals surface area contributed by atoms with Crippen molar-refractivity contribution in [2.75, 3.05) is 4.90 Å². The molecule has 0 spiro atoms. The number of benzene rings is 4. The Morgan fingerprint density at radius 2 is 1.32 bits per heavy atom. The third-order valence-corrected chi connectivity index (χ3v) is 5.40. The number of para-hydroxylation sites is 1. The van der Waals surface area contributed by atoms with Crippen LogP contribution in [0, 0.1) is 18.2 Å². The zero-order chi connectivity index (χ0) is 23.9. The van der Waals surface area contributed by atoms with E-state index in [1.54, 1.807) is 42.5 Å². The van der Waals surface area contributed by atoms with Crippen molar-refractivity contribution in [1.29, 1.82) is 0 Å². The summed E-state index contributed by atoms with van der Waals surface area (Å²) in [6.45, 7) is 2.99. The molecule has 168 valence electrons. The molecule has 0 atom stereocenters. The molecule has 0 unspecified atom stereocenters. The predicted octanol–water partition coefficient (Wildman–Crippen LogP) is 7.64. The summed E-state index contributed by atoms with van der Waals surface area (Å²) in [5.41, 5.74) is 1.90. The predicted molar refractivity (Wildman–Crippen MR) is 121 cm³/mol. The average Bonchev–Trinajstić information content (AvgIpc) is 2.84. The highest BCUT2D eigenvalue weighted by atomic mass is 19.4. The zero-order valence-electron chi connectivity index (χ0n) is 17.4. The molecular formula is C27H15F5N2. The number of alkyl halides is 3. The summed E-state index contributed by atoms with van der Waals surface area (Å²) in [5, 5.41) is 0. The topological polar surface area (TPSA) is 15.6 Å². The molecule has 1 heterocycles. The summed E-state index contributed by atoms with van der Waals surface area (Å²) in [6.07, 6.45) is -4.52. The number of anilines is 1. The first-order chi connectivity index (χ1) is 16.3. The molecule has 0 saturated carbocycles. The number of rotatable bonds is 3. The monoisotopic (exact) mass is 462 g/mol. The first kappa shape index (κ1) is 21.8. The third-order valence-electron chi connectivity index (χ3n) is 5.40. The van der Waals surface area contributed by atoms with E-state index in [1.807, 2.05) is 0 Å². The van der Waals surface area contributed by atoms with Crippen molar-refractivity contribution in [3.8, 4) is 11.1 Å². The summed E-state index contributed by atoms with van der Waals surface area (Å²) in [6, 6.07) is 22.2. The van der Waals surface area contributed by atoms with Gasteiger partial charge in [-0.2, -0.15) is 13.2 Å². The highest BCUT2D eigenvalue weighted by molar-refractivity contribution is 6.13. The summed E-state index contributed by atoms with van der Waals surface area (Å²) >= 11 is 0. The van der Waals surface area contributed by atoms with E-state index in [0.29, 0.717) is 11.1 Å². The van der Waals surface area contributed by atoms with Crippen molar-refractivity contribution in [3.63, 3.8) is 0 Å². The van der Waals surface area contributed by atoms with Crippen molar-refractivity contribution >= 4 is 17.2 Å². The number of hydrogen-bond acceptors (Lipinski definition) is 2. The van der Waals surface area contributed by atoms with Gasteiger partial charge in [-0.25, -0.2) is 13.8 Å². The van der Waals surface area contributed by atoms with Gasteiger partial charge in [0.15, 0.2) is 0 Å². The van der Waals surface area contributed by atoms with E-state index in [4.69, 9.17) is 0 Å². The zero-order valence-corrected chi connectivity index (χ0v) is 17.4. The average molecular weight is 462 g/mol. The third kappa shape index (κ3) is 4.17. The molecule has 2 radical (unpaired) electrons. The summed E-state index contributed by atoms with van der Waals surface area (Å²) in [5.74, 6) is -0.683. The maximum atomic E-state index is 14.5. The summed E-state index contributed by atoms with van der Waals surface area (Å²) < 4.78 is 67.7. The molecule has 0 amide bonds. The molecule has 2 nitrogen and oxygen atoms in total. The summed E-state index contributed by atoms with van der Waals surface area (Å²) in [4.78, 5) is 5.85. The van der Waals surface area contributed by atoms with Crippen LogP contribution >= 0.6 is 0 Å². The van der Waals surface area contributed by atoms with Crippen LogP contribution in [0.5, 0.6) is 0 Å². The second-order valence-electron chi connectivity index (χ2n) is 7.65. The molecule has 5 rings (SSSR count). The SMILES string of the molecule is Fc1ccc(-c2ccc(C3=Nc4c(F)cccc4[C]N3c3cccc(C(F)(F)F)c3)cc2)cc1. The molecule has 1 aliphatic heterocycles. The van der Waals surface area contributed by atoms with Crippen LogP contribution in [0.4, 0.5) is 33.3 Å². The Morgan fingerprint density at radius 1 is 0.706 bits per heavy atom. The number of fused-ring (bicyclic) bond motifs is 1. The summed E-state index contributed by atoms with van der Waals surface area (Å²) in [7, 11) is 0. The van der Waals surface area contributed by atoms with Gasteiger partial charge >= 0.3 is 6.18 Å². The maximum Gasteiger partial charge on any atom is 0.416 e. The van der Waals surface area contributed by atoms with Gasteiger partial charge in [0.25, 0.3) is 0 Å². The molecular weight excluding hydrogens is 447 g/mol. The number of amidine groups is 1. The second-order valence-corrected chi connectivity index (χ2v) is 7.65. The first-order valence-electron chi connectivity index (χ1n) is 10.3. The van der Waals surface area contributed by atoms with E-state index in [0.717, 1.165) is 23.3 Å². The van der Waals surface area contributed by atoms with Crippen molar-refractivity contribution in [3.05, 3.63) is 126 Å². The number of hydrogen-bond donors (Lipinski definition) is 0. The number of halogens is 5. The van der Waals surface area contributed by atoms with Crippen LogP contribution in [0.2, 0.25) is 0 Å². The molecule has 0 N–H and O–H groups in total. The lowest BCUT2D eigenvalue weighted by Gasteiger charge is -2.30. The molecule has 0 saturated heterocycles. The van der Waals surface area contributed by atoms with E-state index in [1.165, 1.54) is 41.3 Å². The highest BCUT2D eigenvalue weighted by Crippen LogP contribution is 2.37. The van der Waals surface area contributed by atoms with Gasteiger partial charge < -0.3 is 4.90 Å². The van der Waals surface area contributed by atoms with Crippen molar-refractivity contribution in [1.82, 2.24) is 0 Å². The number of nitrogens with zero attached hydrogens (tertiary/aromatic N) is 2. The second kappa shape index (κ2) is 8.41. The molecule has 1 aliphatic rings. The van der Waals surface area contributed by atoms with Crippen molar-refractivity contribution in [2.45, 2.75) is 6.18 Å². The van der Waals surface area contributed by atoms with Crippen LogP contribution in [0.1, 0.15) is 16.7 Å². The Hall–Kier alpha value is -4.00. The lowest BCUT2D eigenvalue weighted by atomic mass is 10.0. The van der Waals surface area contributed by atoms with Crippen LogP contribution in [0.3, 0.4) is 0 Å². The minimum atomic E-state index is -4.52. The van der Waals surface area contributed by atoms with Gasteiger partial charge in [-0.15, -0.1) is 0 Å². The fourth-order valence-corrected chi connectivity index (χ4v) is 3.70. The first-order valence-corrected chi connectivity index (χ1v) is 10.3. The lowest BCUT2D eigenvalue weighted by Crippen LogP contribution is -2.32. The standard InChI is InChI=1S/C27H15F5N2/c28-22-13-11-18(12-14-22)17-7-9-19(10-8-17)26-33-25-20(3-1-6-24(25)29)16-34(26)23-5-2-4-21(15-23)27(30,31)32/h1-15H. The van der Waals surface area contributed by atoms with Gasteiger partial charge in [-0.3, -0.25) is 0 Å². The fourth-order valence-electron chi connectivity index (χ4n) is 3.70. The Morgan fingerprint density at radius 3 is 2.00 bits per heavy atom. The van der Waals surface area contributed by atoms with Gasteiger partial charge in [0.2, 0.25) is 0 Å². The maximum absolute atomic E-state index is 14.5. The molecule has 0 fully saturated rings. The van der Waals surface area contributed by atoms with Gasteiger partial charge in [-0.1, -0.05) is 54.6 Å². The minimum absolute atomic E-state index is 0.0586. The Labute approximate surface area is 192 Å². The van der Waals surface area contributed by atoms with E-state index >= 15 is 0 Å². The van der Waals surface area contributed by atoms with Crippen LogP contribution in [-0.2, 0) is 6.18 Å².